The molecule has 0 saturated heterocycles. The second-order valence-corrected chi connectivity index (χ2v) is 7.71. The molecule has 29 heavy (non-hydrogen) atoms. The van der Waals surface area contributed by atoms with Crippen molar-refractivity contribution in [3.63, 3.8) is 0 Å². The molecule has 0 saturated carbocycles. The summed E-state index contributed by atoms with van der Waals surface area (Å²) in [5.74, 6) is -0.538. The van der Waals surface area contributed by atoms with E-state index in [0.717, 1.165) is 9.79 Å². The smallest absolute Gasteiger partial charge is 0.267 e. The van der Waals surface area contributed by atoms with Crippen LogP contribution >= 0.6 is 35.0 Å². The van der Waals surface area contributed by atoms with Gasteiger partial charge in [0.15, 0.2) is 0 Å². The van der Waals surface area contributed by atoms with Crippen LogP contribution in [0.3, 0.4) is 0 Å². The molecule has 0 spiro atoms. The average Bonchev–Trinajstić information content (AvgIpc) is 2.72. The van der Waals surface area contributed by atoms with E-state index < -0.39 is 5.91 Å². The number of rotatable bonds is 6. The fourth-order valence-electron chi connectivity index (χ4n) is 2.39. The van der Waals surface area contributed by atoms with E-state index in [1.54, 1.807) is 24.3 Å². The summed E-state index contributed by atoms with van der Waals surface area (Å²) >= 11 is 13.7. The van der Waals surface area contributed by atoms with Crippen LogP contribution in [0.5, 0.6) is 0 Å². The highest BCUT2D eigenvalue weighted by Gasteiger charge is 2.13. The lowest BCUT2D eigenvalue weighted by Crippen LogP contribution is -2.15. The molecule has 0 aliphatic heterocycles. The molecule has 0 unspecified atom stereocenters. The van der Waals surface area contributed by atoms with Gasteiger partial charge >= 0.3 is 0 Å². The standard InChI is InChI=1S/C22H15Cl2N3OS/c23-17-9-6-10-18(24)21(17)26-14-15(13-25)22(28)27-19-11-4-5-12-20(19)29-16-7-2-1-3-8-16/h1-12,14,26H,(H,27,28)/b15-14-. The van der Waals surface area contributed by atoms with E-state index in [1.165, 1.54) is 18.0 Å². The lowest BCUT2D eigenvalue weighted by atomic mass is 10.2. The minimum atomic E-state index is -0.538. The van der Waals surface area contributed by atoms with Crippen molar-refractivity contribution < 1.29 is 4.79 Å². The third-order valence-corrected chi connectivity index (χ3v) is 5.51. The highest BCUT2D eigenvalue weighted by molar-refractivity contribution is 7.99. The first-order valence-electron chi connectivity index (χ1n) is 8.52. The van der Waals surface area contributed by atoms with E-state index in [1.807, 2.05) is 54.6 Å². The number of nitrogens with zero attached hydrogens (tertiary/aromatic N) is 1. The number of para-hydroxylation sites is 2. The van der Waals surface area contributed by atoms with Gasteiger partial charge in [0, 0.05) is 16.0 Å². The number of anilines is 2. The molecule has 1 amide bonds. The third-order valence-electron chi connectivity index (χ3n) is 3.79. The van der Waals surface area contributed by atoms with Crippen LogP contribution in [0.15, 0.2) is 94.4 Å². The van der Waals surface area contributed by atoms with E-state index in [0.29, 0.717) is 21.4 Å². The van der Waals surface area contributed by atoms with E-state index in [2.05, 4.69) is 10.6 Å². The van der Waals surface area contributed by atoms with Gasteiger partial charge in [-0.05, 0) is 36.4 Å². The fourth-order valence-corrected chi connectivity index (χ4v) is 3.82. The van der Waals surface area contributed by atoms with Crippen LogP contribution in [0.25, 0.3) is 0 Å². The van der Waals surface area contributed by atoms with Crippen molar-refractivity contribution in [2.24, 2.45) is 0 Å². The van der Waals surface area contributed by atoms with Crippen LogP contribution in [0, 0.1) is 11.3 Å². The maximum atomic E-state index is 12.6. The number of benzene rings is 3. The molecule has 0 aromatic heterocycles. The monoisotopic (exact) mass is 439 g/mol. The first-order valence-corrected chi connectivity index (χ1v) is 10.1. The normalized spacial score (nSPS) is 10.9. The first kappa shape index (κ1) is 20.8. The Morgan fingerprint density at radius 2 is 1.59 bits per heavy atom. The Bertz CT molecular complexity index is 1070. The van der Waals surface area contributed by atoms with Crippen LogP contribution in [-0.2, 0) is 4.79 Å². The lowest BCUT2D eigenvalue weighted by molar-refractivity contribution is -0.112. The van der Waals surface area contributed by atoms with Crippen LogP contribution in [-0.4, -0.2) is 5.91 Å². The maximum Gasteiger partial charge on any atom is 0.267 e. The molecule has 3 aromatic rings. The van der Waals surface area contributed by atoms with E-state index in [4.69, 9.17) is 23.2 Å². The van der Waals surface area contributed by atoms with Gasteiger partial charge in [0.25, 0.3) is 5.91 Å². The average molecular weight is 440 g/mol. The molecule has 2 N–H and O–H groups in total. The summed E-state index contributed by atoms with van der Waals surface area (Å²) in [5.41, 5.74) is 0.931. The van der Waals surface area contributed by atoms with Gasteiger partial charge in [0.2, 0.25) is 0 Å². The summed E-state index contributed by atoms with van der Waals surface area (Å²) in [6.07, 6.45) is 1.29. The van der Waals surface area contributed by atoms with Crippen LogP contribution in [0.2, 0.25) is 10.0 Å². The number of halogens is 2. The molecule has 3 aromatic carbocycles. The van der Waals surface area contributed by atoms with Crippen molar-refractivity contribution in [1.82, 2.24) is 0 Å². The topological polar surface area (TPSA) is 64.9 Å². The summed E-state index contributed by atoms with van der Waals surface area (Å²) in [6.45, 7) is 0. The van der Waals surface area contributed by atoms with Crippen LogP contribution < -0.4 is 10.6 Å². The van der Waals surface area contributed by atoms with E-state index in [-0.39, 0.29) is 5.57 Å². The molecule has 0 atom stereocenters. The van der Waals surface area contributed by atoms with Crippen molar-refractivity contribution in [2.45, 2.75) is 9.79 Å². The highest BCUT2D eigenvalue weighted by Crippen LogP contribution is 2.33. The minimum absolute atomic E-state index is 0.111. The zero-order valence-corrected chi connectivity index (χ0v) is 17.4. The van der Waals surface area contributed by atoms with Gasteiger partial charge in [-0.25, -0.2) is 0 Å². The summed E-state index contributed by atoms with van der Waals surface area (Å²) < 4.78 is 0. The summed E-state index contributed by atoms with van der Waals surface area (Å²) in [6, 6.07) is 24.1. The Morgan fingerprint density at radius 1 is 0.931 bits per heavy atom. The SMILES string of the molecule is N#C/C(=C/Nc1c(Cl)cccc1Cl)C(=O)Nc1ccccc1Sc1ccccc1. The molecule has 0 fully saturated rings. The molecule has 0 aliphatic carbocycles. The summed E-state index contributed by atoms with van der Waals surface area (Å²) in [4.78, 5) is 14.5. The Kier molecular flexibility index (Phi) is 7.20. The minimum Gasteiger partial charge on any atom is -0.358 e. The number of hydrogen-bond donors (Lipinski definition) is 2. The van der Waals surface area contributed by atoms with Gasteiger partial charge in [0.05, 0.1) is 21.4 Å². The molecular weight excluding hydrogens is 425 g/mol. The quantitative estimate of drug-likeness (QED) is 0.335. The second kappa shape index (κ2) is 10.0. The number of nitriles is 1. The second-order valence-electron chi connectivity index (χ2n) is 5.78. The molecule has 0 aliphatic rings. The van der Waals surface area contributed by atoms with Gasteiger partial charge in [-0.1, -0.05) is 71.4 Å². The summed E-state index contributed by atoms with van der Waals surface area (Å²) in [5, 5.41) is 15.8. The first-order chi connectivity index (χ1) is 14.1. The number of hydrogen-bond acceptors (Lipinski definition) is 4. The highest BCUT2D eigenvalue weighted by atomic mass is 35.5. The zero-order valence-electron chi connectivity index (χ0n) is 15.0. The molecular formula is C22H15Cl2N3OS. The molecule has 4 nitrogen and oxygen atoms in total. The van der Waals surface area contributed by atoms with Gasteiger partial charge in [0.1, 0.15) is 11.6 Å². The molecule has 7 heteroatoms. The molecule has 144 valence electrons. The van der Waals surface area contributed by atoms with E-state index in [9.17, 15) is 10.1 Å². The molecule has 3 rings (SSSR count). The predicted molar refractivity (Wildman–Crippen MR) is 119 cm³/mol. The fraction of sp³-hybridized carbons (Fsp3) is 0. The van der Waals surface area contributed by atoms with Crippen LogP contribution in [0.4, 0.5) is 11.4 Å². The van der Waals surface area contributed by atoms with E-state index >= 15 is 0 Å². The number of nitrogens with one attached hydrogen (secondary N) is 2. The Hall–Kier alpha value is -2.91. The zero-order chi connectivity index (χ0) is 20.6. The van der Waals surface area contributed by atoms with Crippen molar-refractivity contribution in [1.29, 1.82) is 5.26 Å². The molecule has 0 radical (unpaired) electrons. The van der Waals surface area contributed by atoms with Crippen molar-refractivity contribution in [3.8, 4) is 6.07 Å². The maximum absolute atomic E-state index is 12.6. The van der Waals surface area contributed by atoms with Crippen molar-refractivity contribution in [3.05, 3.63) is 94.6 Å². The molecule has 0 heterocycles. The number of carbonyl (C=O) groups is 1. The van der Waals surface area contributed by atoms with Gasteiger partial charge in [-0.2, -0.15) is 5.26 Å². The Labute approximate surface area is 183 Å². The van der Waals surface area contributed by atoms with Gasteiger partial charge in [-0.3, -0.25) is 4.79 Å². The number of carbonyl (C=O) groups excluding carboxylic acids is 1. The van der Waals surface area contributed by atoms with Gasteiger partial charge in [-0.15, -0.1) is 0 Å². The van der Waals surface area contributed by atoms with Crippen LogP contribution in [0.1, 0.15) is 0 Å². The Balaban J connectivity index is 1.77. The largest absolute Gasteiger partial charge is 0.358 e. The summed E-state index contributed by atoms with van der Waals surface area (Å²) in [7, 11) is 0. The third kappa shape index (κ3) is 5.55. The Morgan fingerprint density at radius 3 is 2.28 bits per heavy atom. The van der Waals surface area contributed by atoms with Crippen molar-refractivity contribution >= 4 is 52.2 Å². The molecule has 0 bridgehead atoms. The lowest BCUT2D eigenvalue weighted by Gasteiger charge is -2.11. The van der Waals surface area contributed by atoms with Gasteiger partial charge < -0.3 is 10.6 Å². The number of amides is 1. The van der Waals surface area contributed by atoms with Crippen molar-refractivity contribution in [2.75, 3.05) is 10.6 Å². The predicted octanol–water partition coefficient (Wildman–Crippen LogP) is 6.60.